The van der Waals surface area contributed by atoms with Gasteiger partial charge in [0.1, 0.15) is 0 Å². The maximum absolute atomic E-state index is 11.9. The van der Waals surface area contributed by atoms with Gasteiger partial charge in [-0.3, -0.25) is 0 Å². The first-order valence-electron chi connectivity index (χ1n) is 8.70. The Morgan fingerprint density at radius 2 is 1.56 bits per heavy atom. The van der Waals surface area contributed by atoms with Gasteiger partial charge in [0.25, 0.3) is 0 Å². The molecule has 27 heavy (non-hydrogen) atoms. The van der Waals surface area contributed by atoms with Crippen LogP contribution in [0, 0.1) is 0 Å². The van der Waals surface area contributed by atoms with Crippen LogP contribution in [0.25, 0.3) is 21.5 Å². The zero-order chi connectivity index (χ0) is 19.6. The minimum Gasteiger partial charge on any atom is -0.493 e. The molecule has 0 radical (unpaired) electrons. The lowest BCUT2D eigenvalue weighted by Gasteiger charge is -2.17. The van der Waals surface area contributed by atoms with Crippen LogP contribution in [0.3, 0.4) is 0 Å². The van der Waals surface area contributed by atoms with Crippen molar-refractivity contribution in [3.05, 3.63) is 35.9 Å². The van der Waals surface area contributed by atoms with E-state index in [0.29, 0.717) is 47.0 Å². The van der Waals surface area contributed by atoms with E-state index >= 15 is 0 Å². The second-order valence-electron chi connectivity index (χ2n) is 5.84. The number of hydrogen-bond donors (Lipinski definition) is 1. The first-order valence-corrected chi connectivity index (χ1v) is 8.70. The third-order valence-electron chi connectivity index (χ3n) is 4.35. The minimum absolute atomic E-state index is 0.185. The summed E-state index contributed by atoms with van der Waals surface area (Å²) in [6.45, 7) is 4.72. The van der Waals surface area contributed by atoms with Gasteiger partial charge in [0.2, 0.25) is 0 Å². The number of benzene rings is 3. The van der Waals surface area contributed by atoms with E-state index in [4.69, 9.17) is 18.9 Å². The number of fused-ring (bicyclic) bond motifs is 3. The minimum atomic E-state index is -1.01. The van der Waals surface area contributed by atoms with Gasteiger partial charge >= 0.3 is 5.97 Å². The molecule has 3 aromatic carbocycles. The summed E-state index contributed by atoms with van der Waals surface area (Å²) in [4.78, 5) is 11.9. The lowest BCUT2D eigenvalue weighted by atomic mass is 9.95. The van der Waals surface area contributed by atoms with Crippen molar-refractivity contribution in [2.75, 3.05) is 27.4 Å². The fourth-order valence-corrected chi connectivity index (χ4v) is 3.28. The summed E-state index contributed by atoms with van der Waals surface area (Å²) in [5.74, 6) is 1.17. The number of aromatic carboxylic acids is 1. The largest absolute Gasteiger partial charge is 0.493 e. The number of rotatable bonds is 7. The third kappa shape index (κ3) is 3.18. The summed E-state index contributed by atoms with van der Waals surface area (Å²) in [5, 5.41) is 12.5. The fraction of sp³-hybridized carbons (Fsp3) is 0.286. The molecule has 0 aromatic heterocycles. The third-order valence-corrected chi connectivity index (χ3v) is 4.35. The molecule has 0 heterocycles. The van der Waals surface area contributed by atoms with Crippen molar-refractivity contribution in [2.24, 2.45) is 0 Å². The van der Waals surface area contributed by atoms with Crippen LogP contribution < -0.4 is 18.9 Å². The molecule has 142 valence electrons. The Morgan fingerprint density at radius 1 is 0.889 bits per heavy atom. The molecule has 0 saturated carbocycles. The van der Waals surface area contributed by atoms with Crippen molar-refractivity contribution < 1.29 is 28.8 Å². The summed E-state index contributed by atoms with van der Waals surface area (Å²) in [5.41, 5.74) is 0.185. The van der Waals surface area contributed by atoms with Crippen LogP contribution in [0.15, 0.2) is 30.3 Å². The van der Waals surface area contributed by atoms with Crippen LogP contribution >= 0.6 is 0 Å². The van der Waals surface area contributed by atoms with Crippen molar-refractivity contribution in [2.45, 2.75) is 13.8 Å². The molecule has 0 bridgehead atoms. The van der Waals surface area contributed by atoms with Gasteiger partial charge in [0.15, 0.2) is 23.0 Å². The molecule has 0 unspecified atom stereocenters. The first kappa shape index (κ1) is 18.6. The highest BCUT2D eigenvalue weighted by Gasteiger charge is 2.20. The standard InChI is InChI=1S/C21H22O6/c1-5-26-16-8-7-12-9-15(21(22)23)13-10-17(24-3)18(27-6-2)11-14(13)19(12)20(16)25-4/h7-11H,5-6H2,1-4H3,(H,22,23). The summed E-state index contributed by atoms with van der Waals surface area (Å²) >= 11 is 0. The van der Waals surface area contributed by atoms with Gasteiger partial charge in [0, 0.05) is 10.8 Å². The van der Waals surface area contributed by atoms with Crippen LogP contribution in [0.2, 0.25) is 0 Å². The molecule has 0 aliphatic carbocycles. The van der Waals surface area contributed by atoms with Gasteiger partial charge in [-0.15, -0.1) is 0 Å². The first-order chi connectivity index (χ1) is 13.0. The van der Waals surface area contributed by atoms with Gasteiger partial charge in [0.05, 0.1) is 33.0 Å². The topological polar surface area (TPSA) is 74.2 Å². The summed E-state index contributed by atoms with van der Waals surface area (Å²) < 4.78 is 22.4. The highest BCUT2D eigenvalue weighted by Crippen LogP contribution is 2.44. The quantitative estimate of drug-likeness (QED) is 0.617. The Balaban J connectivity index is 2.51. The fourth-order valence-electron chi connectivity index (χ4n) is 3.28. The number of ether oxygens (including phenoxy) is 4. The van der Waals surface area contributed by atoms with Crippen LogP contribution in [0.1, 0.15) is 24.2 Å². The molecule has 6 nitrogen and oxygen atoms in total. The molecule has 0 saturated heterocycles. The Hall–Kier alpha value is -3.15. The summed E-state index contributed by atoms with van der Waals surface area (Å²) in [7, 11) is 3.10. The highest BCUT2D eigenvalue weighted by molar-refractivity contribution is 6.18. The number of carbonyl (C=O) groups is 1. The molecule has 0 spiro atoms. The summed E-state index contributed by atoms with van der Waals surface area (Å²) in [6, 6.07) is 8.74. The Bertz CT molecular complexity index is 1010. The van der Waals surface area contributed by atoms with E-state index in [2.05, 4.69) is 0 Å². The van der Waals surface area contributed by atoms with Gasteiger partial charge in [-0.1, -0.05) is 6.07 Å². The van der Waals surface area contributed by atoms with Crippen LogP contribution in [0.5, 0.6) is 23.0 Å². The molecule has 0 atom stereocenters. The van der Waals surface area contributed by atoms with Crippen molar-refractivity contribution in [3.8, 4) is 23.0 Å². The molecular formula is C21H22O6. The second-order valence-corrected chi connectivity index (χ2v) is 5.84. The van der Waals surface area contributed by atoms with E-state index in [1.165, 1.54) is 7.11 Å². The van der Waals surface area contributed by atoms with Crippen molar-refractivity contribution in [1.82, 2.24) is 0 Å². The average molecular weight is 370 g/mol. The molecule has 0 aliphatic rings. The lowest BCUT2D eigenvalue weighted by molar-refractivity contribution is 0.0699. The molecule has 3 rings (SSSR count). The van der Waals surface area contributed by atoms with Crippen molar-refractivity contribution in [3.63, 3.8) is 0 Å². The van der Waals surface area contributed by atoms with Crippen LogP contribution in [-0.4, -0.2) is 38.5 Å². The molecule has 0 amide bonds. The Labute approximate surface area is 157 Å². The zero-order valence-corrected chi connectivity index (χ0v) is 15.8. The molecule has 6 heteroatoms. The number of hydrogen-bond acceptors (Lipinski definition) is 5. The second kappa shape index (κ2) is 7.61. The van der Waals surface area contributed by atoms with E-state index in [1.807, 2.05) is 19.9 Å². The van der Waals surface area contributed by atoms with E-state index in [-0.39, 0.29) is 5.56 Å². The van der Waals surface area contributed by atoms with Crippen molar-refractivity contribution in [1.29, 1.82) is 0 Å². The predicted molar refractivity (Wildman–Crippen MR) is 104 cm³/mol. The summed E-state index contributed by atoms with van der Waals surface area (Å²) in [6.07, 6.45) is 0. The number of carboxylic acids is 1. The molecule has 1 N–H and O–H groups in total. The van der Waals surface area contributed by atoms with E-state index in [9.17, 15) is 9.90 Å². The molecule has 0 aliphatic heterocycles. The lowest BCUT2D eigenvalue weighted by Crippen LogP contribution is -2.02. The number of methoxy groups -OCH3 is 2. The molecule has 3 aromatic rings. The van der Waals surface area contributed by atoms with Gasteiger partial charge in [-0.05, 0) is 48.9 Å². The number of carboxylic acid groups (broad SMARTS) is 1. The maximum Gasteiger partial charge on any atom is 0.336 e. The van der Waals surface area contributed by atoms with Crippen LogP contribution in [0.4, 0.5) is 0 Å². The highest BCUT2D eigenvalue weighted by atomic mass is 16.5. The average Bonchev–Trinajstić information content (AvgIpc) is 2.67. The Morgan fingerprint density at radius 3 is 2.15 bits per heavy atom. The zero-order valence-electron chi connectivity index (χ0n) is 15.8. The molecular weight excluding hydrogens is 348 g/mol. The smallest absolute Gasteiger partial charge is 0.336 e. The monoisotopic (exact) mass is 370 g/mol. The normalized spacial score (nSPS) is 10.8. The van der Waals surface area contributed by atoms with E-state index in [1.54, 1.807) is 31.4 Å². The van der Waals surface area contributed by atoms with Gasteiger partial charge in [-0.25, -0.2) is 4.79 Å². The van der Waals surface area contributed by atoms with Crippen LogP contribution in [-0.2, 0) is 0 Å². The molecule has 0 fully saturated rings. The predicted octanol–water partition coefficient (Wildman–Crippen LogP) is 4.51. The van der Waals surface area contributed by atoms with Gasteiger partial charge in [-0.2, -0.15) is 0 Å². The van der Waals surface area contributed by atoms with Crippen molar-refractivity contribution >= 4 is 27.5 Å². The SMILES string of the molecule is CCOc1cc2c(cc1OC)c(C(=O)O)cc1ccc(OCC)c(OC)c12. The maximum atomic E-state index is 11.9. The van der Waals surface area contributed by atoms with Gasteiger partial charge < -0.3 is 24.1 Å². The Kier molecular flexibility index (Phi) is 5.26. The van der Waals surface area contributed by atoms with E-state index in [0.717, 1.165) is 10.8 Å². The van der Waals surface area contributed by atoms with E-state index < -0.39 is 5.97 Å².